The zero-order chi connectivity index (χ0) is 10.8. The van der Waals surface area contributed by atoms with Gasteiger partial charge in [-0.2, -0.15) is 0 Å². The molecule has 0 bridgehead atoms. The predicted octanol–water partition coefficient (Wildman–Crippen LogP) is 3.26. The molecule has 1 saturated carbocycles. The third kappa shape index (κ3) is 3.09. The molecule has 1 atom stereocenters. The van der Waals surface area contributed by atoms with E-state index in [1.165, 1.54) is 24.0 Å². The third-order valence-corrected chi connectivity index (χ3v) is 3.40. The molecule has 2 aliphatic carbocycles. The summed E-state index contributed by atoms with van der Waals surface area (Å²) in [5.41, 5.74) is 2.91. The standard InChI is InChI=1S/C13H20ClN/c1-9(2)13-6-3-11(14)7-10(13)8-15-12-4-5-12/h6-7,9,11-12,15H,3-5,8H2,1-2H3. The zero-order valence-corrected chi connectivity index (χ0v) is 10.3. The Morgan fingerprint density at radius 3 is 2.80 bits per heavy atom. The number of hydrogen-bond acceptors (Lipinski definition) is 1. The first kappa shape index (κ1) is 11.2. The van der Waals surface area contributed by atoms with Crippen molar-refractivity contribution in [3.8, 4) is 0 Å². The molecule has 1 nitrogen and oxygen atoms in total. The van der Waals surface area contributed by atoms with Gasteiger partial charge in [-0.3, -0.25) is 0 Å². The molecule has 0 amide bonds. The van der Waals surface area contributed by atoms with Crippen molar-refractivity contribution in [1.29, 1.82) is 0 Å². The largest absolute Gasteiger partial charge is 0.310 e. The summed E-state index contributed by atoms with van der Waals surface area (Å²) in [6, 6.07) is 0.773. The molecule has 2 aliphatic rings. The van der Waals surface area contributed by atoms with Crippen LogP contribution in [-0.4, -0.2) is 18.0 Å². The molecule has 0 spiro atoms. The lowest BCUT2D eigenvalue weighted by Crippen LogP contribution is -2.23. The Hall–Kier alpha value is -0.270. The summed E-state index contributed by atoms with van der Waals surface area (Å²) in [6.07, 6.45) is 8.22. The number of nitrogens with one attached hydrogen (secondary N) is 1. The first-order valence-electron chi connectivity index (χ1n) is 5.95. The van der Waals surface area contributed by atoms with Crippen LogP contribution in [0.15, 0.2) is 23.3 Å². The maximum absolute atomic E-state index is 6.16. The summed E-state index contributed by atoms with van der Waals surface area (Å²) in [4.78, 5) is 0. The van der Waals surface area contributed by atoms with Crippen LogP contribution in [0, 0.1) is 5.92 Å². The smallest absolute Gasteiger partial charge is 0.0556 e. The van der Waals surface area contributed by atoms with E-state index in [-0.39, 0.29) is 5.38 Å². The van der Waals surface area contributed by atoms with Crippen LogP contribution in [-0.2, 0) is 0 Å². The van der Waals surface area contributed by atoms with Gasteiger partial charge >= 0.3 is 0 Å². The van der Waals surface area contributed by atoms with Gasteiger partial charge in [0.2, 0.25) is 0 Å². The van der Waals surface area contributed by atoms with Gasteiger partial charge in [0.25, 0.3) is 0 Å². The van der Waals surface area contributed by atoms with Gasteiger partial charge in [-0.25, -0.2) is 0 Å². The number of alkyl halides is 1. The van der Waals surface area contributed by atoms with E-state index >= 15 is 0 Å². The Morgan fingerprint density at radius 2 is 2.20 bits per heavy atom. The molecule has 0 aromatic heterocycles. The Morgan fingerprint density at radius 1 is 1.47 bits per heavy atom. The topological polar surface area (TPSA) is 12.0 Å². The van der Waals surface area contributed by atoms with Crippen LogP contribution in [0.2, 0.25) is 0 Å². The minimum Gasteiger partial charge on any atom is -0.310 e. The summed E-state index contributed by atoms with van der Waals surface area (Å²) in [5, 5.41) is 3.76. The van der Waals surface area contributed by atoms with Crippen molar-refractivity contribution >= 4 is 11.6 Å². The van der Waals surface area contributed by atoms with Crippen molar-refractivity contribution < 1.29 is 0 Å². The molecule has 15 heavy (non-hydrogen) atoms. The summed E-state index contributed by atoms with van der Waals surface area (Å²) in [7, 11) is 0. The molecule has 2 heteroatoms. The van der Waals surface area contributed by atoms with E-state index < -0.39 is 0 Å². The lowest BCUT2D eigenvalue weighted by molar-refractivity contribution is 0.692. The lowest BCUT2D eigenvalue weighted by atomic mass is 9.89. The molecule has 0 aromatic carbocycles. The number of hydrogen-bond donors (Lipinski definition) is 1. The van der Waals surface area contributed by atoms with E-state index in [4.69, 9.17) is 11.6 Å². The van der Waals surface area contributed by atoms with Gasteiger partial charge in [-0.15, -0.1) is 11.6 Å². The molecule has 0 aromatic rings. The van der Waals surface area contributed by atoms with Crippen LogP contribution in [0.1, 0.15) is 33.1 Å². The monoisotopic (exact) mass is 225 g/mol. The summed E-state index contributed by atoms with van der Waals surface area (Å²) in [6.45, 7) is 5.51. The second-order valence-electron chi connectivity index (χ2n) is 4.91. The highest BCUT2D eigenvalue weighted by atomic mass is 35.5. The van der Waals surface area contributed by atoms with Crippen molar-refractivity contribution in [2.45, 2.75) is 44.5 Å². The average molecular weight is 226 g/mol. The molecule has 0 radical (unpaired) electrons. The van der Waals surface area contributed by atoms with Gasteiger partial charge in [0.1, 0.15) is 0 Å². The fourth-order valence-corrected chi connectivity index (χ4v) is 2.30. The molecule has 1 unspecified atom stereocenters. The maximum atomic E-state index is 6.16. The van der Waals surface area contributed by atoms with Crippen LogP contribution in [0.3, 0.4) is 0 Å². The molecule has 1 fully saturated rings. The Kier molecular flexibility index (Phi) is 3.53. The summed E-state index contributed by atoms with van der Waals surface area (Å²) < 4.78 is 0. The SMILES string of the molecule is CC(C)C1=CCC(Cl)C=C1CNC1CC1. The quantitative estimate of drug-likeness (QED) is 0.725. The fraction of sp³-hybridized carbons (Fsp3) is 0.692. The molecular formula is C13H20ClN. The van der Waals surface area contributed by atoms with Crippen molar-refractivity contribution in [1.82, 2.24) is 5.32 Å². The second kappa shape index (κ2) is 4.71. The van der Waals surface area contributed by atoms with E-state index in [9.17, 15) is 0 Å². The van der Waals surface area contributed by atoms with Gasteiger partial charge in [0.15, 0.2) is 0 Å². The van der Waals surface area contributed by atoms with Crippen molar-refractivity contribution in [2.75, 3.05) is 6.54 Å². The van der Waals surface area contributed by atoms with Crippen LogP contribution in [0.4, 0.5) is 0 Å². The highest BCUT2D eigenvalue weighted by Gasteiger charge is 2.22. The van der Waals surface area contributed by atoms with E-state index in [0.29, 0.717) is 5.92 Å². The second-order valence-corrected chi connectivity index (χ2v) is 5.47. The van der Waals surface area contributed by atoms with Crippen molar-refractivity contribution in [2.24, 2.45) is 5.92 Å². The molecular weight excluding hydrogens is 206 g/mol. The molecule has 2 rings (SSSR count). The van der Waals surface area contributed by atoms with Crippen LogP contribution in [0.25, 0.3) is 0 Å². The fourth-order valence-electron chi connectivity index (χ4n) is 2.06. The normalized spacial score (nSPS) is 26.5. The van der Waals surface area contributed by atoms with Crippen LogP contribution in [0.5, 0.6) is 0 Å². The van der Waals surface area contributed by atoms with Gasteiger partial charge in [-0.05, 0) is 36.3 Å². The van der Waals surface area contributed by atoms with Crippen LogP contribution < -0.4 is 5.32 Å². The highest BCUT2D eigenvalue weighted by molar-refractivity contribution is 6.22. The first-order valence-corrected chi connectivity index (χ1v) is 6.39. The van der Waals surface area contributed by atoms with Gasteiger partial charge < -0.3 is 5.32 Å². The number of rotatable bonds is 4. The lowest BCUT2D eigenvalue weighted by Gasteiger charge is -2.22. The van der Waals surface area contributed by atoms with E-state index in [0.717, 1.165) is 19.0 Å². The maximum Gasteiger partial charge on any atom is 0.0556 e. The molecule has 84 valence electrons. The molecule has 1 N–H and O–H groups in total. The number of allylic oxidation sites excluding steroid dienone is 2. The molecule has 0 heterocycles. The summed E-state index contributed by atoms with van der Waals surface area (Å²) >= 11 is 6.16. The Bertz CT molecular complexity index is 287. The predicted molar refractivity (Wildman–Crippen MR) is 66.3 cm³/mol. The number of halogens is 1. The Labute approximate surface area is 97.6 Å². The van der Waals surface area contributed by atoms with Crippen molar-refractivity contribution in [3.05, 3.63) is 23.3 Å². The van der Waals surface area contributed by atoms with E-state index in [1.54, 1.807) is 0 Å². The van der Waals surface area contributed by atoms with E-state index in [2.05, 4.69) is 31.3 Å². The average Bonchev–Trinajstić information content (AvgIpc) is 2.97. The zero-order valence-electron chi connectivity index (χ0n) is 9.59. The Balaban J connectivity index is 1.98. The first-order chi connectivity index (χ1) is 7.16. The van der Waals surface area contributed by atoms with Crippen molar-refractivity contribution in [3.63, 3.8) is 0 Å². The minimum atomic E-state index is 0.198. The van der Waals surface area contributed by atoms with Gasteiger partial charge in [0, 0.05) is 12.6 Å². The summed E-state index contributed by atoms with van der Waals surface area (Å²) in [5.74, 6) is 0.612. The molecule has 0 saturated heterocycles. The van der Waals surface area contributed by atoms with Crippen LogP contribution >= 0.6 is 11.6 Å². The third-order valence-electron chi connectivity index (χ3n) is 3.10. The highest BCUT2D eigenvalue weighted by Crippen LogP contribution is 2.28. The molecule has 0 aliphatic heterocycles. The van der Waals surface area contributed by atoms with E-state index in [1.807, 2.05) is 0 Å². The van der Waals surface area contributed by atoms with Gasteiger partial charge in [-0.1, -0.05) is 26.0 Å². The minimum absolute atomic E-state index is 0.198. The van der Waals surface area contributed by atoms with Gasteiger partial charge in [0.05, 0.1) is 5.38 Å².